The number of hydrogen-bond acceptors (Lipinski definition) is 7. The molecule has 0 spiro atoms. The number of hydrogen-bond donors (Lipinski definition) is 2. The number of nitrogens with two attached hydrogens (primary N) is 1. The highest BCUT2D eigenvalue weighted by atomic mass is 79.9. The van der Waals surface area contributed by atoms with Gasteiger partial charge in [-0.05, 0) is 77.2 Å². The fraction of sp³-hybridized carbons (Fsp3) is 0.100. The summed E-state index contributed by atoms with van der Waals surface area (Å²) in [5.41, 5.74) is 5.79. The molecule has 0 atom stereocenters. The predicted molar refractivity (Wildman–Crippen MR) is 109 cm³/mol. The third kappa shape index (κ3) is 4.03. The molecule has 0 aliphatic rings. The largest absolute Gasteiger partial charge is 0.437 e. The van der Waals surface area contributed by atoms with Crippen LogP contribution in [0, 0.1) is 36.5 Å². The molecule has 0 fully saturated rings. The lowest BCUT2D eigenvalue weighted by Crippen LogP contribution is -2.04. The van der Waals surface area contributed by atoms with Gasteiger partial charge in [0.05, 0.1) is 31.5 Å². The summed E-state index contributed by atoms with van der Waals surface area (Å²) >= 11 is 3.22. The first kappa shape index (κ1) is 12.7. The van der Waals surface area contributed by atoms with Gasteiger partial charge in [0.2, 0.25) is 11.8 Å². The average molecular weight is 441 g/mol. The molecular formula is C20H15BrN6O. The summed E-state index contributed by atoms with van der Waals surface area (Å²) in [6.07, 6.45) is 0. The van der Waals surface area contributed by atoms with E-state index < -0.39 is 29.7 Å². The SMILES string of the molecule is [2H]c1c([2H])c(Nc2nc(N)c(Br)c(Oc3c(C)c([2H])c(C#N)c([2H])c3C)n2)c([2H])c([2H])c1C#N. The molecule has 3 aromatic rings. The van der Waals surface area contributed by atoms with E-state index in [1.165, 1.54) is 0 Å². The van der Waals surface area contributed by atoms with E-state index in [1.54, 1.807) is 19.9 Å². The Balaban J connectivity index is 2.12. The number of nitrogens with one attached hydrogen (secondary N) is 1. The number of halogens is 1. The molecule has 0 saturated heterocycles. The average Bonchev–Trinajstić information content (AvgIpc) is 2.80. The van der Waals surface area contributed by atoms with Crippen LogP contribution in [-0.4, -0.2) is 9.97 Å². The van der Waals surface area contributed by atoms with Gasteiger partial charge in [-0.1, -0.05) is 0 Å². The molecular weight excluding hydrogens is 420 g/mol. The van der Waals surface area contributed by atoms with Crippen LogP contribution >= 0.6 is 15.9 Å². The number of benzene rings is 2. The Labute approximate surface area is 179 Å². The molecule has 0 bridgehead atoms. The van der Waals surface area contributed by atoms with E-state index in [4.69, 9.17) is 24.0 Å². The Hall–Kier alpha value is -3.62. The highest BCUT2D eigenvalue weighted by Gasteiger charge is 2.16. The molecule has 0 unspecified atom stereocenters. The molecule has 0 aliphatic carbocycles. The van der Waals surface area contributed by atoms with Crippen molar-refractivity contribution in [2.24, 2.45) is 0 Å². The van der Waals surface area contributed by atoms with Crippen molar-refractivity contribution in [2.75, 3.05) is 11.1 Å². The fourth-order valence-electron chi connectivity index (χ4n) is 2.22. The van der Waals surface area contributed by atoms with Gasteiger partial charge in [-0.2, -0.15) is 20.5 Å². The Kier molecular flexibility index (Phi) is 3.61. The van der Waals surface area contributed by atoms with E-state index in [-0.39, 0.29) is 51.2 Å². The second kappa shape index (κ2) is 7.95. The number of anilines is 3. The van der Waals surface area contributed by atoms with Gasteiger partial charge < -0.3 is 15.8 Å². The van der Waals surface area contributed by atoms with Crippen LogP contribution in [0.5, 0.6) is 11.6 Å². The Morgan fingerprint density at radius 1 is 1.07 bits per heavy atom. The summed E-state index contributed by atoms with van der Waals surface area (Å²) in [7, 11) is 0. The van der Waals surface area contributed by atoms with Crippen LogP contribution in [0.4, 0.5) is 17.5 Å². The molecule has 28 heavy (non-hydrogen) atoms. The second-order valence-electron chi connectivity index (χ2n) is 5.46. The van der Waals surface area contributed by atoms with Gasteiger partial charge in [-0.15, -0.1) is 0 Å². The fourth-order valence-corrected chi connectivity index (χ4v) is 2.47. The van der Waals surface area contributed by atoms with Gasteiger partial charge in [-0.3, -0.25) is 0 Å². The lowest BCUT2D eigenvalue weighted by atomic mass is 10.1. The number of nitrogen functional groups attached to an aromatic ring is 1. The van der Waals surface area contributed by atoms with Crippen molar-refractivity contribution < 1.29 is 13.0 Å². The molecule has 8 heteroatoms. The maximum atomic E-state index is 9.24. The van der Waals surface area contributed by atoms with Crippen molar-refractivity contribution in [3.8, 4) is 23.8 Å². The third-order valence-electron chi connectivity index (χ3n) is 3.44. The number of ether oxygens (including phenoxy) is 1. The van der Waals surface area contributed by atoms with Gasteiger partial charge in [0.15, 0.2) is 0 Å². The normalized spacial score (nSPS) is 13.0. The molecule has 3 N–H and O–H groups in total. The number of rotatable bonds is 4. The van der Waals surface area contributed by atoms with Crippen LogP contribution in [0.25, 0.3) is 0 Å². The van der Waals surface area contributed by atoms with Crippen molar-refractivity contribution in [1.29, 1.82) is 10.5 Å². The quantitative estimate of drug-likeness (QED) is 0.601. The topological polar surface area (TPSA) is 121 Å². The lowest BCUT2D eigenvalue weighted by molar-refractivity contribution is 0.453. The molecule has 7 nitrogen and oxygen atoms in total. The molecule has 1 aromatic heterocycles. The third-order valence-corrected chi connectivity index (χ3v) is 4.18. The van der Waals surface area contributed by atoms with Crippen LogP contribution < -0.4 is 15.8 Å². The van der Waals surface area contributed by atoms with Crippen molar-refractivity contribution in [2.45, 2.75) is 13.8 Å². The summed E-state index contributed by atoms with van der Waals surface area (Å²) in [6, 6.07) is 1.11. The van der Waals surface area contributed by atoms with E-state index in [0.29, 0.717) is 11.1 Å². The summed E-state index contributed by atoms with van der Waals surface area (Å²) < 4.78 is 54.3. The summed E-state index contributed by atoms with van der Waals surface area (Å²) in [5.74, 6) is -0.296. The first-order valence-corrected chi connectivity index (χ1v) is 8.52. The van der Waals surface area contributed by atoms with Gasteiger partial charge in [-0.25, -0.2) is 0 Å². The zero-order valence-electron chi connectivity index (χ0n) is 20.7. The van der Waals surface area contributed by atoms with Crippen LogP contribution in [0.3, 0.4) is 0 Å². The van der Waals surface area contributed by atoms with Crippen LogP contribution in [0.2, 0.25) is 0 Å². The zero-order valence-corrected chi connectivity index (χ0v) is 16.2. The van der Waals surface area contributed by atoms with E-state index >= 15 is 0 Å². The Morgan fingerprint density at radius 2 is 1.68 bits per heavy atom. The maximum absolute atomic E-state index is 9.24. The van der Waals surface area contributed by atoms with E-state index in [1.807, 2.05) is 6.07 Å². The Bertz CT molecular complexity index is 1390. The molecule has 138 valence electrons. The van der Waals surface area contributed by atoms with Crippen LogP contribution in [0.15, 0.2) is 40.7 Å². The van der Waals surface area contributed by atoms with Crippen LogP contribution in [-0.2, 0) is 0 Å². The van der Waals surface area contributed by atoms with Crippen molar-refractivity contribution in [3.05, 3.63) is 63.0 Å². The molecule has 0 amide bonds. The zero-order chi connectivity index (χ0) is 25.5. The first-order valence-electron chi connectivity index (χ1n) is 10.7. The minimum Gasteiger partial charge on any atom is -0.437 e. The molecule has 1 heterocycles. The molecule has 3 rings (SSSR count). The summed E-state index contributed by atoms with van der Waals surface area (Å²) in [6.45, 7) is 3.12. The number of aromatic nitrogens is 2. The summed E-state index contributed by atoms with van der Waals surface area (Å²) in [4.78, 5) is 8.20. The minimum atomic E-state index is -0.526. The van der Waals surface area contributed by atoms with Gasteiger partial charge in [0.1, 0.15) is 16.0 Å². The molecule has 0 aliphatic heterocycles. The standard InChI is InChI=1S/C20H15BrN6O/c1-11-7-14(10-23)8-12(2)17(11)28-19-16(21)18(24)26-20(27-19)25-15-5-3-13(9-22)4-6-15/h3-8H,1-2H3,(H3,24,25,26,27)/i3D,4D,5D,6D,7D,8D. The predicted octanol–water partition coefficient (Wildman–Crippen LogP) is 4.72. The van der Waals surface area contributed by atoms with Crippen LogP contribution in [0.1, 0.15) is 30.5 Å². The Morgan fingerprint density at radius 3 is 2.25 bits per heavy atom. The highest BCUT2D eigenvalue weighted by Crippen LogP contribution is 2.36. The van der Waals surface area contributed by atoms with Crippen molar-refractivity contribution in [1.82, 2.24) is 9.97 Å². The van der Waals surface area contributed by atoms with E-state index in [9.17, 15) is 5.26 Å². The van der Waals surface area contributed by atoms with E-state index in [2.05, 4.69) is 31.2 Å². The molecule has 0 saturated carbocycles. The molecule has 2 aromatic carbocycles. The maximum Gasteiger partial charge on any atom is 0.240 e. The lowest BCUT2D eigenvalue weighted by Gasteiger charge is -2.14. The van der Waals surface area contributed by atoms with Gasteiger partial charge in [0, 0.05) is 5.69 Å². The van der Waals surface area contributed by atoms with Gasteiger partial charge >= 0.3 is 0 Å². The highest BCUT2D eigenvalue weighted by molar-refractivity contribution is 9.10. The van der Waals surface area contributed by atoms with Crippen molar-refractivity contribution >= 4 is 33.4 Å². The van der Waals surface area contributed by atoms with Gasteiger partial charge in [0.25, 0.3) is 0 Å². The minimum absolute atomic E-state index is 0.0856. The number of nitrogens with zero attached hydrogens (tertiary/aromatic N) is 4. The first-order chi connectivity index (χ1) is 15.9. The second-order valence-corrected chi connectivity index (χ2v) is 6.25. The van der Waals surface area contributed by atoms with E-state index in [0.717, 1.165) is 0 Å². The number of nitriles is 2. The molecule has 0 radical (unpaired) electrons. The monoisotopic (exact) mass is 440 g/mol. The smallest absolute Gasteiger partial charge is 0.240 e. The van der Waals surface area contributed by atoms with Crippen molar-refractivity contribution in [3.63, 3.8) is 0 Å². The summed E-state index contributed by atoms with van der Waals surface area (Å²) in [5, 5.41) is 20.9.